The van der Waals surface area contributed by atoms with Gasteiger partial charge in [0.25, 0.3) is 0 Å². The largest absolute Gasteiger partial charge is 0.492 e. The molecule has 4 rings (SSSR count). The predicted octanol–water partition coefficient (Wildman–Crippen LogP) is 6.80. The number of likely N-dealkylation sites (tertiary alicyclic amines) is 1. The smallest absolute Gasteiger partial charge is 0.140 e. The van der Waals surface area contributed by atoms with Crippen LogP contribution >= 0.6 is 23.4 Å². The van der Waals surface area contributed by atoms with Gasteiger partial charge in [-0.25, -0.2) is 0 Å². The number of nitrogens with zero attached hydrogens (tertiary/aromatic N) is 1. The first-order valence-electron chi connectivity index (χ1n) is 12.7. The van der Waals surface area contributed by atoms with E-state index in [4.69, 9.17) is 21.1 Å². The van der Waals surface area contributed by atoms with Gasteiger partial charge in [0.05, 0.1) is 18.6 Å². The van der Waals surface area contributed by atoms with Crippen molar-refractivity contribution in [2.24, 2.45) is 5.92 Å². The first kappa shape index (κ1) is 28.0. The van der Waals surface area contributed by atoms with Crippen molar-refractivity contribution in [3.05, 3.63) is 58.6 Å². The van der Waals surface area contributed by atoms with Gasteiger partial charge in [0.15, 0.2) is 0 Å². The zero-order chi connectivity index (χ0) is 25.3. The number of benzene rings is 2. The Labute approximate surface area is 220 Å². The normalized spacial score (nSPS) is 17.7. The Balaban J connectivity index is 0.000000420. The van der Waals surface area contributed by atoms with Crippen LogP contribution in [0.1, 0.15) is 50.7 Å². The van der Waals surface area contributed by atoms with Crippen LogP contribution in [0.5, 0.6) is 5.75 Å². The molecule has 0 saturated carbocycles. The number of thioether (sulfide) groups is 1. The molecular weight excluding hydrogens is 478 g/mol. The number of ketones is 1. The van der Waals surface area contributed by atoms with E-state index in [2.05, 4.69) is 37.1 Å². The molecule has 0 unspecified atom stereocenters. The van der Waals surface area contributed by atoms with Crippen LogP contribution in [0.2, 0.25) is 5.02 Å². The summed E-state index contributed by atoms with van der Waals surface area (Å²) in [7, 11) is 0. The van der Waals surface area contributed by atoms with Gasteiger partial charge in [-0.2, -0.15) is 0 Å². The minimum atomic E-state index is -0.417. The number of Topliss-reactive ketones (excluding diaryl/α,β-unsaturated/α-hetero) is 1. The molecular formula is C29H40ClNO3S. The first-order chi connectivity index (χ1) is 16.9. The lowest BCUT2D eigenvalue weighted by molar-refractivity contribution is -0.124. The van der Waals surface area contributed by atoms with E-state index in [1.54, 1.807) is 18.7 Å². The highest BCUT2D eigenvalue weighted by molar-refractivity contribution is 7.98. The van der Waals surface area contributed by atoms with Crippen molar-refractivity contribution >= 4 is 29.1 Å². The molecule has 0 N–H and O–H groups in total. The Morgan fingerprint density at radius 2 is 1.86 bits per heavy atom. The molecule has 2 aromatic carbocycles. The topological polar surface area (TPSA) is 38.8 Å². The summed E-state index contributed by atoms with van der Waals surface area (Å²) < 4.78 is 10.9. The lowest BCUT2D eigenvalue weighted by Crippen LogP contribution is -2.47. The maximum atomic E-state index is 12.7. The maximum Gasteiger partial charge on any atom is 0.140 e. The lowest BCUT2D eigenvalue weighted by Gasteiger charge is -2.41. The van der Waals surface area contributed by atoms with Crippen LogP contribution in [0.25, 0.3) is 0 Å². The molecule has 0 amide bonds. The number of carbonyl (C=O) groups excluding carboxylic acids is 1. The highest BCUT2D eigenvalue weighted by Gasteiger charge is 2.41. The monoisotopic (exact) mass is 517 g/mol. The van der Waals surface area contributed by atoms with Gasteiger partial charge < -0.3 is 9.47 Å². The fourth-order valence-electron chi connectivity index (χ4n) is 4.90. The van der Waals surface area contributed by atoms with E-state index in [1.165, 1.54) is 17.7 Å². The molecule has 192 valence electrons. The highest BCUT2D eigenvalue weighted by Crippen LogP contribution is 2.39. The van der Waals surface area contributed by atoms with Crippen LogP contribution in [0.3, 0.4) is 0 Å². The number of hydrogen-bond acceptors (Lipinski definition) is 5. The van der Waals surface area contributed by atoms with Crippen LogP contribution in [-0.4, -0.2) is 56.4 Å². The van der Waals surface area contributed by atoms with E-state index >= 15 is 0 Å². The summed E-state index contributed by atoms with van der Waals surface area (Å²) in [4.78, 5) is 16.3. The van der Waals surface area contributed by atoms with Gasteiger partial charge in [0, 0.05) is 22.4 Å². The van der Waals surface area contributed by atoms with Gasteiger partial charge in [0.2, 0.25) is 0 Å². The average Bonchev–Trinajstić information content (AvgIpc) is 2.84. The van der Waals surface area contributed by atoms with Crippen molar-refractivity contribution in [3.8, 4) is 5.75 Å². The van der Waals surface area contributed by atoms with Crippen molar-refractivity contribution < 1.29 is 14.3 Å². The molecule has 0 bridgehead atoms. The third-order valence-electron chi connectivity index (χ3n) is 7.24. The van der Waals surface area contributed by atoms with Gasteiger partial charge in [-0.1, -0.05) is 31.0 Å². The third-order valence-corrected chi connectivity index (χ3v) is 8.22. The summed E-state index contributed by atoms with van der Waals surface area (Å²) >= 11 is 7.96. The molecule has 0 atom stereocenters. The van der Waals surface area contributed by atoms with E-state index in [0.29, 0.717) is 11.6 Å². The quantitative estimate of drug-likeness (QED) is 0.342. The predicted molar refractivity (Wildman–Crippen MR) is 147 cm³/mol. The second kappa shape index (κ2) is 13.7. The van der Waals surface area contributed by atoms with Crippen LogP contribution in [0.4, 0.5) is 0 Å². The van der Waals surface area contributed by atoms with Crippen molar-refractivity contribution in [2.75, 3.05) is 45.7 Å². The van der Waals surface area contributed by atoms with Crippen molar-refractivity contribution in [3.63, 3.8) is 0 Å². The van der Waals surface area contributed by atoms with E-state index in [-0.39, 0.29) is 5.78 Å². The molecule has 2 aliphatic heterocycles. The molecule has 2 aliphatic rings. The van der Waals surface area contributed by atoms with E-state index in [1.807, 2.05) is 30.3 Å². The summed E-state index contributed by atoms with van der Waals surface area (Å²) in [6.45, 7) is 11.4. The molecule has 0 aromatic heterocycles. The summed E-state index contributed by atoms with van der Waals surface area (Å²) in [6.07, 6.45) is 6.39. The average molecular weight is 518 g/mol. The molecule has 2 heterocycles. The zero-order valence-electron chi connectivity index (χ0n) is 21.6. The standard InChI is InChI=1S/C23H28ClNO2S.C6H12O/c1-17-4-5-19(24)16-22(17)23(18(2)26)10-12-25(13-11-23)14-15-27-20-6-8-21(28-3)9-7-20;1-2-3-6-4-7-5-6/h4-9,16H,10-15H2,1-3H3;6H,2-5H2,1H3. The minimum Gasteiger partial charge on any atom is -0.492 e. The minimum absolute atomic E-state index is 0.239. The Morgan fingerprint density at radius 1 is 1.17 bits per heavy atom. The van der Waals surface area contributed by atoms with Gasteiger partial charge in [-0.15, -0.1) is 11.8 Å². The molecule has 2 aromatic rings. The molecule has 2 saturated heterocycles. The summed E-state index contributed by atoms with van der Waals surface area (Å²) in [5, 5.41) is 0.699. The molecule has 4 nitrogen and oxygen atoms in total. The van der Waals surface area contributed by atoms with Gasteiger partial charge in [-0.05, 0) is 100.0 Å². The first-order valence-corrected chi connectivity index (χ1v) is 14.3. The Morgan fingerprint density at radius 3 is 2.37 bits per heavy atom. The second-order valence-electron chi connectivity index (χ2n) is 9.66. The fraction of sp³-hybridized carbons (Fsp3) is 0.552. The second-order valence-corrected chi connectivity index (χ2v) is 11.0. The molecule has 0 aliphatic carbocycles. The van der Waals surface area contributed by atoms with E-state index in [9.17, 15) is 4.79 Å². The Kier molecular flexibility index (Phi) is 11.0. The molecule has 2 fully saturated rings. The third kappa shape index (κ3) is 7.72. The number of carbonyl (C=O) groups is 1. The number of piperidine rings is 1. The fourth-order valence-corrected chi connectivity index (χ4v) is 5.48. The van der Waals surface area contributed by atoms with Crippen LogP contribution in [0.15, 0.2) is 47.4 Å². The zero-order valence-corrected chi connectivity index (χ0v) is 23.2. The SMILES string of the molecule is CCCC1COC1.CSc1ccc(OCCN2CCC(C(C)=O)(c3cc(Cl)ccc3C)CC2)cc1. The van der Waals surface area contributed by atoms with Gasteiger partial charge in [-0.3, -0.25) is 9.69 Å². The number of ether oxygens (including phenoxy) is 2. The van der Waals surface area contributed by atoms with Crippen LogP contribution < -0.4 is 4.74 Å². The van der Waals surface area contributed by atoms with E-state index < -0.39 is 5.41 Å². The number of aryl methyl sites for hydroxylation is 1. The summed E-state index contributed by atoms with van der Waals surface area (Å²) in [6, 6.07) is 14.1. The van der Waals surface area contributed by atoms with Crippen molar-refractivity contribution in [1.29, 1.82) is 0 Å². The van der Waals surface area contributed by atoms with Crippen LogP contribution in [0, 0.1) is 12.8 Å². The van der Waals surface area contributed by atoms with Crippen molar-refractivity contribution in [2.45, 2.75) is 56.8 Å². The van der Waals surface area contributed by atoms with Crippen LogP contribution in [-0.2, 0) is 14.9 Å². The highest BCUT2D eigenvalue weighted by atomic mass is 35.5. The molecule has 35 heavy (non-hydrogen) atoms. The number of halogens is 1. The van der Waals surface area contributed by atoms with E-state index in [0.717, 1.165) is 68.5 Å². The van der Waals surface area contributed by atoms with Gasteiger partial charge >= 0.3 is 0 Å². The summed E-state index contributed by atoms with van der Waals surface area (Å²) in [5.41, 5.74) is 1.82. The number of hydrogen-bond donors (Lipinski definition) is 0. The molecule has 0 radical (unpaired) electrons. The Hall–Kier alpha value is -1.53. The lowest BCUT2D eigenvalue weighted by atomic mass is 9.69. The Bertz CT molecular complexity index is 937. The maximum absolute atomic E-state index is 12.7. The van der Waals surface area contributed by atoms with Gasteiger partial charge in [0.1, 0.15) is 18.1 Å². The van der Waals surface area contributed by atoms with Crippen molar-refractivity contribution in [1.82, 2.24) is 4.90 Å². The number of rotatable bonds is 9. The molecule has 0 spiro atoms. The molecule has 6 heteroatoms. The summed E-state index contributed by atoms with van der Waals surface area (Å²) in [5.74, 6) is 2.05.